The molecule has 1 fully saturated rings. The molecule has 0 aliphatic carbocycles. The molecule has 0 radical (unpaired) electrons. The standard InChI is InChI=1S/C24H25N7O2/c25-10-8-23(32)28-20-3-1-2-18(16-20)17-27-22-9-11-26-24(30-22)29-19-4-6-21(7-5-19)31-12-14-33-15-13-31/h1-7,9,11,16H,8,12-15,17H2,(H,28,32)(H2,26,27,29,30). The van der Waals surface area contributed by atoms with Gasteiger partial charge in [-0.1, -0.05) is 12.1 Å². The number of morpholine rings is 1. The summed E-state index contributed by atoms with van der Waals surface area (Å²) in [6.07, 6.45) is 1.52. The summed E-state index contributed by atoms with van der Waals surface area (Å²) in [5.41, 5.74) is 3.70. The second-order valence-corrected chi connectivity index (χ2v) is 7.47. The minimum absolute atomic E-state index is 0.171. The lowest BCUT2D eigenvalue weighted by Crippen LogP contribution is -2.36. The van der Waals surface area contributed by atoms with Crippen LogP contribution in [0.25, 0.3) is 0 Å². The zero-order valence-corrected chi connectivity index (χ0v) is 18.1. The van der Waals surface area contributed by atoms with Gasteiger partial charge in [0.25, 0.3) is 0 Å². The van der Waals surface area contributed by atoms with Gasteiger partial charge in [0.2, 0.25) is 11.9 Å². The number of nitrogens with one attached hydrogen (secondary N) is 3. The molecule has 2 aromatic carbocycles. The molecule has 1 aromatic heterocycles. The molecular weight excluding hydrogens is 418 g/mol. The van der Waals surface area contributed by atoms with Crippen molar-refractivity contribution in [2.75, 3.05) is 47.2 Å². The largest absolute Gasteiger partial charge is 0.378 e. The molecule has 0 saturated carbocycles. The topological polar surface area (TPSA) is 115 Å². The molecule has 3 N–H and O–H groups in total. The first-order valence-corrected chi connectivity index (χ1v) is 10.7. The van der Waals surface area contributed by atoms with Gasteiger partial charge in [-0.25, -0.2) is 4.98 Å². The molecule has 3 aromatic rings. The van der Waals surface area contributed by atoms with Crippen molar-refractivity contribution in [2.24, 2.45) is 0 Å². The van der Waals surface area contributed by atoms with Gasteiger partial charge < -0.3 is 25.6 Å². The van der Waals surface area contributed by atoms with Crippen LogP contribution in [0, 0.1) is 11.3 Å². The van der Waals surface area contributed by atoms with Crippen molar-refractivity contribution in [3.05, 3.63) is 66.4 Å². The molecular formula is C24H25N7O2. The lowest BCUT2D eigenvalue weighted by atomic mass is 10.2. The normalized spacial score (nSPS) is 13.1. The van der Waals surface area contributed by atoms with Gasteiger partial charge in [0.1, 0.15) is 12.2 Å². The van der Waals surface area contributed by atoms with Crippen molar-refractivity contribution >= 4 is 34.7 Å². The maximum atomic E-state index is 11.6. The Hall–Kier alpha value is -4.16. The van der Waals surface area contributed by atoms with Crippen LogP contribution < -0.4 is 20.9 Å². The Kier molecular flexibility index (Phi) is 7.30. The van der Waals surface area contributed by atoms with Gasteiger partial charge in [0, 0.05) is 42.9 Å². The van der Waals surface area contributed by atoms with Gasteiger partial charge in [0.15, 0.2) is 0 Å². The SMILES string of the molecule is N#CCC(=O)Nc1cccc(CNc2ccnc(Nc3ccc(N4CCOCC4)cc3)n2)c1. The highest BCUT2D eigenvalue weighted by Gasteiger charge is 2.11. The summed E-state index contributed by atoms with van der Waals surface area (Å²) in [5, 5.41) is 17.8. The summed E-state index contributed by atoms with van der Waals surface area (Å²) in [6, 6.07) is 19.3. The fraction of sp³-hybridized carbons (Fsp3) is 0.250. The van der Waals surface area contributed by atoms with E-state index >= 15 is 0 Å². The van der Waals surface area contributed by atoms with Gasteiger partial charge in [-0.15, -0.1) is 0 Å². The summed E-state index contributed by atoms with van der Waals surface area (Å²) in [4.78, 5) is 22.7. The van der Waals surface area contributed by atoms with Crippen LogP contribution >= 0.6 is 0 Å². The number of amides is 1. The maximum Gasteiger partial charge on any atom is 0.238 e. The molecule has 0 bridgehead atoms. The van der Waals surface area contributed by atoms with Crippen molar-refractivity contribution in [1.82, 2.24) is 9.97 Å². The molecule has 1 aliphatic heterocycles. The average Bonchev–Trinajstić information content (AvgIpc) is 2.84. The number of aromatic nitrogens is 2. The lowest BCUT2D eigenvalue weighted by Gasteiger charge is -2.28. The zero-order valence-electron chi connectivity index (χ0n) is 18.1. The molecule has 33 heavy (non-hydrogen) atoms. The Morgan fingerprint density at radius 3 is 2.70 bits per heavy atom. The van der Waals surface area contributed by atoms with E-state index in [9.17, 15) is 4.79 Å². The van der Waals surface area contributed by atoms with Crippen LogP contribution in [-0.4, -0.2) is 42.2 Å². The van der Waals surface area contributed by atoms with Crippen LogP contribution in [0.15, 0.2) is 60.8 Å². The van der Waals surface area contributed by atoms with Gasteiger partial charge in [-0.3, -0.25) is 4.79 Å². The third-order valence-corrected chi connectivity index (χ3v) is 5.08. The van der Waals surface area contributed by atoms with Gasteiger partial charge in [0.05, 0.1) is 19.3 Å². The van der Waals surface area contributed by atoms with Crippen LogP contribution in [-0.2, 0) is 16.1 Å². The molecule has 0 unspecified atom stereocenters. The Bertz CT molecular complexity index is 1120. The van der Waals surface area contributed by atoms with E-state index in [1.54, 1.807) is 18.3 Å². The van der Waals surface area contributed by atoms with Crippen LogP contribution in [0.2, 0.25) is 0 Å². The number of carbonyl (C=O) groups excluding carboxylic acids is 1. The first-order valence-electron chi connectivity index (χ1n) is 10.7. The second-order valence-electron chi connectivity index (χ2n) is 7.47. The quantitative estimate of drug-likeness (QED) is 0.484. The lowest BCUT2D eigenvalue weighted by molar-refractivity contribution is -0.115. The summed E-state index contributed by atoms with van der Waals surface area (Å²) >= 11 is 0. The number of carbonyl (C=O) groups is 1. The minimum Gasteiger partial charge on any atom is -0.378 e. The number of anilines is 5. The van der Waals surface area contributed by atoms with Crippen LogP contribution in [0.4, 0.5) is 28.8 Å². The van der Waals surface area contributed by atoms with Crippen molar-refractivity contribution < 1.29 is 9.53 Å². The Balaban J connectivity index is 1.34. The maximum absolute atomic E-state index is 11.6. The number of benzene rings is 2. The smallest absolute Gasteiger partial charge is 0.238 e. The average molecular weight is 444 g/mol. The highest BCUT2D eigenvalue weighted by atomic mass is 16.5. The predicted octanol–water partition coefficient (Wildman–Crippen LogP) is 3.52. The van der Waals surface area contributed by atoms with Crippen LogP contribution in [0.1, 0.15) is 12.0 Å². The van der Waals surface area contributed by atoms with E-state index in [1.165, 1.54) is 5.69 Å². The van der Waals surface area contributed by atoms with Crippen LogP contribution in [0.3, 0.4) is 0 Å². The number of ether oxygens (including phenoxy) is 1. The van der Waals surface area contributed by atoms with E-state index < -0.39 is 0 Å². The van der Waals surface area contributed by atoms with E-state index in [4.69, 9.17) is 10.00 Å². The Morgan fingerprint density at radius 1 is 1.09 bits per heavy atom. The first-order chi connectivity index (χ1) is 16.2. The van der Waals surface area contributed by atoms with E-state index in [2.05, 4.69) is 43.0 Å². The van der Waals surface area contributed by atoms with E-state index in [1.807, 2.05) is 36.4 Å². The molecule has 1 amide bonds. The highest BCUT2D eigenvalue weighted by Crippen LogP contribution is 2.21. The highest BCUT2D eigenvalue weighted by molar-refractivity contribution is 5.92. The van der Waals surface area contributed by atoms with Crippen molar-refractivity contribution in [2.45, 2.75) is 13.0 Å². The molecule has 9 heteroatoms. The molecule has 9 nitrogen and oxygen atoms in total. The minimum atomic E-state index is -0.327. The Morgan fingerprint density at radius 2 is 1.91 bits per heavy atom. The number of nitrogens with zero attached hydrogens (tertiary/aromatic N) is 4. The number of hydrogen-bond acceptors (Lipinski definition) is 8. The fourth-order valence-electron chi connectivity index (χ4n) is 3.45. The van der Waals surface area contributed by atoms with Gasteiger partial charge in [-0.2, -0.15) is 10.2 Å². The number of hydrogen-bond donors (Lipinski definition) is 3. The molecule has 0 atom stereocenters. The fourth-order valence-corrected chi connectivity index (χ4v) is 3.45. The van der Waals surface area contributed by atoms with E-state index in [0.29, 0.717) is 24.0 Å². The summed E-state index contributed by atoms with van der Waals surface area (Å²) in [5.74, 6) is 0.847. The molecule has 168 valence electrons. The van der Waals surface area contributed by atoms with Crippen molar-refractivity contribution in [3.63, 3.8) is 0 Å². The summed E-state index contributed by atoms with van der Waals surface area (Å²) in [6.45, 7) is 3.84. The van der Waals surface area contributed by atoms with Gasteiger partial charge in [-0.05, 0) is 48.0 Å². The first kappa shape index (κ1) is 22.0. The number of rotatable bonds is 8. The molecule has 2 heterocycles. The molecule has 4 rings (SSSR count). The zero-order chi connectivity index (χ0) is 22.9. The monoisotopic (exact) mass is 443 g/mol. The molecule has 0 spiro atoms. The third kappa shape index (κ3) is 6.41. The molecule has 1 aliphatic rings. The third-order valence-electron chi connectivity index (χ3n) is 5.08. The number of nitriles is 1. The van der Waals surface area contributed by atoms with Crippen LogP contribution in [0.5, 0.6) is 0 Å². The van der Waals surface area contributed by atoms with E-state index in [0.717, 1.165) is 37.6 Å². The summed E-state index contributed by atoms with van der Waals surface area (Å²) < 4.78 is 5.41. The molecule has 1 saturated heterocycles. The van der Waals surface area contributed by atoms with Crippen molar-refractivity contribution in [1.29, 1.82) is 5.26 Å². The van der Waals surface area contributed by atoms with Crippen molar-refractivity contribution in [3.8, 4) is 6.07 Å². The second kappa shape index (κ2) is 10.9. The van der Waals surface area contributed by atoms with Gasteiger partial charge >= 0.3 is 0 Å². The summed E-state index contributed by atoms with van der Waals surface area (Å²) in [7, 11) is 0. The van der Waals surface area contributed by atoms with E-state index in [-0.39, 0.29) is 12.3 Å². The Labute approximate surface area is 192 Å². The predicted molar refractivity (Wildman–Crippen MR) is 127 cm³/mol.